The number of hydrogen-bond donors (Lipinski definition) is 1. The number of methoxy groups -OCH3 is 1. The largest absolute Gasteiger partial charge is 0.468 e. The molecule has 0 aliphatic heterocycles. The van der Waals surface area contributed by atoms with Gasteiger partial charge < -0.3 is 15.0 Å². The van der Waals surface area contributed by atoms with Crippen molar-refractivity contribution in [1.29, 1.82) is 0 Å². The number of nitrogens with one attached hydrogen (secondary N) is 1. The number of ether oxygens (including phenoxy) is 1. The van der Waals surface area contributed by atoms with E-state index in [-0.39, 0.29) is 11.4 Å². The molecule has 1 rings (SSSR count). The van der Waals surface area contributed by atoms with Crippen molar-refractivity contribution in [2.75, 3.05) is 33.8 Å². The summed E-state index contributed by atoms with van der Waals surface area (Å²) in [7, 11) is 3.57. The fourth-order valence-electron chi connectivity index (χ4n) is 3.00. The first-order chi connectivity index (χ1) is 8.75. The number of hydrogen-bond acceptors (Lipinski definition) is 4. The number of likely N-dealkylation sites (N-methyl/N-ethyl adjacent to an activating group) is 2. The number of nitrogens with zero attached hydrogens (tertiary/aromatic N) is 1. The fraction of sp³-hybridized carbons (Fsp3) is 0.933. The van der Waals surface area contributed by atoms with Gasteiger partial charge in [0, 0.05) is 13.1 Å². The monoisotopic (exact) mass is 270 g/mol. The summed E-state index contributed by atoms with van der Waals surface area (Å²) in [4.78, 5) is 14.5. The van der Waals surface area contributed by atoms with Crippen molar-refractivity contribution < 1.29 is 9.53 Å². The first-order valence-corrected chi connectivity index (χ1v) is 7.27. The first-order valence-electron chi connectivity index (χ1n) is 7.27. The van der Waals surface area contributed by atoms with Crippen LogP contribution in [0, 0.1) is 11.3 Å². The van der Waals surface area contributed by atoms with Crippen molar-refractivity contribution in [3.05, 3.63) is 0 Å². The predicted molar refractivity (Wildman–Crippen MR) is 78.1 cm³/mol. The Labute approximate surface area is 117 Å². The molecule has 1 unspecified atom stereocenters. The minimum absolute atomic E-state index is 0.113. The molecule has 0 aromatic rings. The molecule has 1 aliphatic carbocycles. The van der Waals surface area contributed by atoms with Crippen molar-refractivity contribution in [1.82, 2.24) is 10.2 Å². The van der Waals surface area contributed by atoms with Gasteiger partial charge in [-0.25, -0.2) is 4.79 Å². The molecule has 0 aromatic carbocycles. The van der Waals surface area contributed by atoms with Crippen LogP contribution in [-0.4, -0.2) is 50.2 Å². The molecule has 1 fully saturated rings. The van der Waals surface area contributed by atoms with E-state index in [2.05, 4.69) is 38.0 Å². The van der Waals surface area contributed by atoms with Gasteiger partial charge in [0.1, 0.15) is 5.54 Å². The number of carbonyl (C=O) groups excluding carboxylic acids is 1. The SMILES string of the molecule is CCNC(CN(C)CC(C)(C)C)(C(=O)OC)C1CC1. The highest BCUT2D eigenvalue weighted by Crippen LogP contribution is 2.41. The van der Waals surface area contributed by atoms with E-state index in [1.54, 1.807) is 0 Å². The molecule has 1 atom stereocenters. The zero-order valence-corrected chi connectivity index (χ0v) is 13.4. The molecule has 0 saturated heterocycles. The second-order valence-corrected chi connectivity index (χ2v) is 7.00. The molecule has 19 heavy (non-hydrogen) atoms. The number of rotatable bonds is 7. The highest BCUT2D eigenvalue weighted by atomic mass is 16.5. The van der Waals surface area contributed by atoms with Crippen molar-refractivity contribution in [3.63, 3.8) is 0 Å². The lowest BCUT2D eigenvalue weighted by molar-refractivity contribution is -0.150. The maximum atomic E-state index is 12.3. The lowest BCUT2D eigenvalue weighted by atomic mass is 9.90. The van der Waals surface area contributed by atoms with Crippen LogP contribution in [0.3, 0.4) is 0 Å². The molecule has 4 nitrogen and oxygen atoms in total. The molecule has 0 bridgehead atoms. The molecule has 1 N–H and O–H groups in total. The van der Waals surface area contributed by atoms with Gasteiger partial charge in [0.2, 0.25) is 0 Å². The summed E-state index contributed by atoms with van der Waals surface area (Å²) < 4.78 is 5.07. The quantitative estimate of drug-likeness (QED) is 0.717. The predicted octanol–water partition coefficient (Wildman–Crippen LogP) is 1.90. The highest BCUT2D eigenvalue weighted by molar-refractivity contribution is 5.82. The van der Waals surface area contributed by atoms with Crippen molar-refractivity contribution >= 4 is 5.97 Å². The van der Waals surface area contributed by atoms with E-state index >= 15 is 0 Å². The van der Waals surface area contributed by atoms with E-state index in [0.29, 0.717) is 5.92 Å². The zero-order chi connectivity index (χ0) is 14.7. The Bertz CT molecular complexity index is 308. The second kappa shape index (κ2) is 6.23. The van der Waals surface area contributed by atoms with Crippen LogP contribution in [0.5, 0.6) is 0 Å². The average molecular weight is 270 g/mol. The smallest absolute Gasteiger partial charge is 0.327 e. The maximum Gasteiger partial charge on any atom is 0.327 e. The Hall–Kier alpha value is -0.610. The number of esters is 1. The van der Waals surface area contributed by atoms with Gasteiger partial charge in [-0.05, 0) is 37.8 Å². The molecule has 0 amide bonds. The van der Waals surface area contributed by atoms with Crippen LogP contribution >= 0.6 is 0 Å². The Morgan fingerprint density at radius 2 is 1.89 bits per heavy atom. The van der Waals surface area contributed by atoms with Crippen LogP contribution in [-0.2, 0) is 9.53 Å². The molecule has 4 heteroatoms. The summed E-state index contributed by atoms with van der Waals surface area (Å²) in [6.45, 7) is 11.2. The first kappa shape index (κ1) is 16.4. The van der Waals surface area contributed by atoms with E-state index in [1.807, 2.05) is 6.92 Å². The Morgan fingerprint density at radius 1 is 1.32 bits per heavy atom. The van der Waals surface area contributed by atoms with Crippen LogP contribution in [0.4, 0.5) is 0 Å². The Kier molecular flexibility index (Phi) is 5.39. The summed E-state index contributed by atoms with van der Waals surface area (Å²) in [6, 6.07) is 0. The third-order valence-corrected chi connectivity index (χ3v) is 3.58. The molecular weight excluding hydrogens is 240 g/mol. The van der Waals surface area contributed by atoms with Crippen LogP contribution in [0.15, 0.2) is 0 Å². The summed E-state index contributed by atoms with van der Waals surface area (Å²) in [5.41, 5.74) is -0.296. The molecule has 0 spiro atoms. The molecule has 1 aliphatic rings. The lowest BCUT2D eigenvalue weighted by Gasteiger charge is -2.37. The Balaban J connectivity index is 2.81. The van der Waals surface area contributed by atoms with Gasteiger partial charge in [-0.3, -0.25) is 0 Å². The van der Waals surface area contributed by atoms with Gasteiger partial charge in [-0.15, -0.1) is 0 Å². The Morgan fingerprint density at radius 3 is 2.26 bits per heavy atom. The van der Waals surface area contributed by atoms with Gasteiger partial charge in [-0.1, -0.05) is 27.7 Å². The summed E-state index contributed by atoms with van der Waals surface area (Å²) >= 11 is 0. The third kappa shape index (κ3) is 4.46. The van der Waals surface area contributed by atoms with E-state index in [1.165, 1.54) is 7.11 Å². The van der Waals surface area contributed by atoms with Crippen molar-refractivity contribution in [2.45, 2.75) is 46.1 Å². The van der Waals surface area contributed by atoms with Crippen LogP contribution in [0.25, 0.3) is 0 Å². The van der Waals surface area contributed by atoms with Gasteiger partial charge in [0.05, 0.1) is 7.11 Å². The average Bonchev–Trinajstić information content (AvgIpc) is 3.08. The van der Waals surface area contributed by atoms with E-state index < -0.39 is 5.54 Å². The minimum atomic E-state index is -0.524. The minimum Gasteiger partial charge on any atom is -0.468 e. The van der Waals surface area contributed by atoms with Crippen LogP contribution < -0.4 is 5.32 Å². The van der Waals surface area contributed by atoms with Crippen molar-refractivity contribution in [2.24, 2.45) is 11.3 Å². The molecule has 0 radical (unpaired) electrons. The summed E-state index contributed by atoms with van der Waals surface area (Å²) in [5, 5.41) is 3.41. The molecule has 0 aromatic heterocycles. The normalized spacial score (nSPS) is 19.3. The number of carbonyl (C=O) groups is 1. The summed E-state index contributed by atoms with van der Waals surface area (Å²) in [5.74, 6) is 0.305. The highest BCUT2D eigenvalue weighted by Gasteiger charge is 2.52. The van der Waals surface area contributed by atoms with Gasteiger partial charge in [-0.2, -0.15) is 0 Å². The van der Waals surface area contributed by atoms with E-state index in [0.717, 1.165) is 32.5 Å². The van der Waals surface area contributed by atoms with Gasteiger partial charge in [0.25, 0.3) is 0 Å². The van der Waals surface area contributed by atoms with Crippen LogP contribution in [0.2, 0.25) is 0 Å². The molecule has 112 valence electrons. The van der Waals surface area contributed by atoms with Crippen molar-refractivity contribution in [3.8, 4) is 0 Å². The van der Waals surface area contributed by atoms with Gasteiger partial charge in [0.15, 0.2) is 0 Å². The molecule has 0 heterocycles. The van der Waals surface area contributed by atoms with E-state index in [4.69, 9.17) is 4.74 Å². The molecular formula is C15H30N2O2. The fourth-order valence-corrected chi connectivity index (χ4v) is 3.00. The summed E-state index contributed by atoms with van der Waals surface area (Å²) in [6.07, 6.45) is 2.23. The van der Waals surface area contributed by atoms with E-state index in [9.17, 15) is 4.79 Å². The zero-order valence-electron chi connectivity index (χ0n) is 13.4. The standard InChI is InChI=1S/C15H30N2O2/c1-7-16-15(12-8-9-12,13(18)19-6)11-17(5)10-14(2,3)4/h12,16H,7-11H2,1-6H3. The lowest BCUT2D eigenvalue weighted by Crippen LogP contribution is -2.61. The second-order valence-electron chi connectivity index (χ2n) is 7.00. The van der Waals surface area contributed by atoms with Gasteiger partial charge >= 0.3 is 5.97 Å². The maximum absolute atomic E-state index is 12.3. The molecule has 1 saturated carbocycles. The third-order valence-electron chi connectivity index (χ3n) is 3.58. The topological polar surface area (TPSA) is 41.6 Å². The van der Waals surface area contributed by atoms with Crippen LogP contribution in [0.1, 0.15) is 40.5 Å².